The Morgan fingerprint density at radius 3 is 2.94 bits per heavy atom. The lowest BCUT2D eigenvalue weighted by Gasteiger charge is -2.39. The van der Waals surface area contributed by atoms with E-state index in [2.05, 4.69) is 38.6 Å². The molecule has 0 saturated carbocycles. The number of imidazole rings is 1. The van der Waals surface area contributed by atoms with Gasteiger partial charge >= 0.3 is 0 Å². The van der Waals surface area contributed by atoms with Gasteiger partial charge in [0.2, 0.25) is 5.88 Å². The zero-order chi connectivity index (χ0) is 22.3. The van der Waals surface area contributed by atoms with E-state index in [1.54, 1.807) is 24.4 Å². The molecule has 0 spiro atoms. The molecular weight excluding hydrogens is 407 g/mol. The van der Waals surface area contributed by atoms with Gasteiger partial charge in [-0.05, 0) is 37.0 Å². The SMILES string of the molecule is CCNC(=NCc1ccc(Oc2cccc(F)c2)nc1)N1CCC(C)C(n2ccnc2)C1. The van der Waals surface area contributed by atoms with E-state index in [0.29, 0.717) is 30.1 Å². The van der Waals surface area contributed by atoms with E-state index in [0.717, 1.165) is 37.6 Å². The molecule has 8 heteroatoms. The summed E-state index contributed by atoms with van der Waals surface area (Å²) >= 11 is 0. The van der Waals surface area contributed by atoms with Gasteiger partial charge in [-0.25, -0.2) is 19.4 Å². The van der Waals surface area contributed by atoms with Crippen LogP contribution in [0.15, 0.2) is 66.3 Å². The van der Waals surface area contributed by atoms with Gasteiger partial charge in [0.15, 0.2) is 5.96 Å². The standard InChI is InChI=1S/C24H29FN6O/c1-3-27-24(30-11-9-18(2)22(16-30)31-12-10-26-17-31)29-15-19-7-8-23(28-14-19)32-21-6-4-5-20(25)13-21/h4-8,10,12-14,17-18,22H,3,9,11,15-16H2,1-2H3,(H,27,29). The first-order chi connectivity index (χ1) is 15.6. The highest BCUT2D eigenvalue weighted by atomic mass is 19.1. The minimum absolute atomic E-state index is 0.341. The molecule has 0 aliphatic carbocycles. The molecule has 3 aromatic rings. The van der Waals surface area contributed by atoms with Gasteiger partial charge in [-0.3, -0.25) is 0 Å². The van der Waals surface area contributed by atoms with Crippen LogP contribution in [-0.2, 0) is 6.54 Å². The zero-order valence-corrected chi connectivity index (χ0v) is 18.5. The van der Waals surface area contributed by atoms with Crippen molar-refractivity contribution in [2.75, 3.05) is 19.6 Å². The van der Waals surface area contributed by atoms with E-state index in [9.17, 15) is 4.39 Å². The Labute approximate surface area is 188 Å². The first-order valence-electron chi connectivity index (χ1n) is 11.0. The number of nitrogens with one attached hydrogen (secondary N) is 1. The van der Waals surface area contributed by atoms with E-state index in [4.69, 9.17) is 9.73 Å². The molecule has 2 aromatic heterocycles. The van der Waals surface area contributed by atoms with Crippen molar-refractivity contribution in [3.05, 3.63) is 72.7 Å². The molecule has 0 bridgehead atoms. The molecular formula is C24H29FN6O. The number of ether oxygens (including phenoxy) is 1. The van der Waals surface area contributed by atoms with Crippen molar-refractivity contribution in [3.63, 3.8) is 0 Å². The van der Waals surface area contributed by atoms with Crippen molar-refractivity contribution in [2.45, 2.75) is 32.9 Å². The summed E-state index contributed by atoms with van der Waals surface area (Å²) < 4.78 is 21.1. The van der Waals surface area contributed by atoms with Crippen molar-refractivity contribution in [1.82, 2.24) is 24.8 Å². The van der Waals surface area contributed by atoms with Crippen LogP contribution in [0, 0.1) is 11.7 Å². The Bertz CT molecular complexity index is 1020. The summed E-state index contributed by atoms with van der Waals surface area (Å²) in [6, 6.07) is 10.1. The quantitative estimate of drug-likeness (QED) is 0.462. The van der Waals surface area contributed by atoms with Crippen LogP contribution in [0.4, 0.5) is 4.39 Å². The number of pyridine rings is 1. The number of nitrogens with zero attached hydrogens (tertiary/aromatic N) is 5. The molecule has 2 atom stereocenters. The van der Waals surface area contributed by atoms with Gasteiger partial charge in [-0.15, -0.1) is 0 Å². The number of halogens is 1. The second kappa shape index (κ2) is 10.3. The fraction of sp³-hybridized carbons (Fsp3) is 0.375. The molecule has 1 aliphatic rings. The minimum Gasteiger partial charge on any atom is -0.439 e. The van der Waals surface area contributed by atoms with Crippen LogP contribution in [0.1, 0.15) is 31.9 Å². The van der Waals surface area contributed by atoms with Crippen LogP contribution in [-0.4, -0.2) is 45.0 Å². The van der Waals surface area contributed by atoms with E-state index < -0.39 is 0 Å². The first-order valence-corrected chi connectivity index (χ1v) is 11.0. The molecule has 0 radical (unpaired) electrons. The maximum atomic E-state index is 13.3. The Hall–Kier alpha value is -3.42. The van der Waals surface area contributed by atoms with Crippen LogP contribution in [0.25, 0.3) is 0 Å². The highest BCUT2D eigenvalue weighted by Gasteiger charge is 2.28. The normalized spacial score (nSPS) is 19.1. The summed E-state index contributed by atoms with van der Waals surface area (Å²) in [5, 5.41) is 3.42. The van der Waals surface area contributed by atoms with Gasteiger partial charge < -0.3 is 19.5 Å². The minimum atomic E-state index is -0.341. The maximum Gasteiger partial charge on any atom is 0.219 e. The Morgan fingerprint density at radius 1 is 1.31 bits per heavy atom. The highest BCUT2D eigenvalue weighted by molar-refractivity contribution is 5.80. The Balaban J connectivity index is 1.41. The smallest absolute Gasteiger partial charge is 0.219 e. The molecule has 1 N–H and O–H groups in total. The lowest BCUT2D eigenvalue weighted by atomic mass is 9.93. The first kappa shape index (κ1) is 21.8. The van der Waals surface area contributed by atoms with Gasteiger partial charge in [0.05, 0.1) is 18.9 Å². The fourth-order valence-corrected chi connectivity index (χ4v) is 3.90. The predicted octanol–water partition coefficient (Wildman–Crippen LogP) is 4.26. The molecule has 1 fully saturated rings. The highest BCUT2D eigenvalue weighted by Crippen LogP contribution is 2.27. The Kier molecular flexibility index (Phi) is 6.99. The third-order valence-corrected chi connectivity index (χ3v) is 5.69. The third-order valence-electron chi connectivity index (χ3n) is 5.69. The van der Waals surface area contributed by atoms with Crippen molar-refractivity contribution in [2.24, 2.45) is 10.9 Å². The van der Waals surface area contributed by atoms with Gasteiger partial charge in [-0.1, -0.05) is 19.1 Å². The molecule has 3 heterocycles. The number of rotatable bonds is 6. The average Bonchev–Trinajstić information content (AvgIpc) is 3.33. The summed E-state index contributed by atoms with van der Waals surface area (Å²) in [5.41, 5.74) is 0.975. The monoisotopic (exact) mass is 436 g/mol. The molecule has 0 amide bonds. The number of hydrogen-bond donors (Lipinski definition) is 1. The van der Waals surface area contributed by atoms with Crippen LogP contribution >= 0.6 is 0 Å². The number of aliphatic imine (C=N–C) groups is 1. The van der Waals surface area contributed by atoms with Crippen molar-refractivity contribution in [3.8, 4) is 11.6 Å². The molecule has 168 valence electrons. The zero-order valence-electron chi connectivity index (χ0n) is 18.5. The molecule has 7 nitrogen and oxygen atoms in total. The average molecular weight is 437 g/mol. The largest absolute Gasteiger partial charge is 0.439 e. The number of aromatic nitrogens is 3. The van der Waals surface area contributed by atoms with Crippen LogP contribution in [0.3, 0.4) is 0 Å². The summed E-state index contributed by atoms with van der Waals surface area (Å²) in [6.45, 7) is 7.55. The van der Waals surface area contributed by atoms with Crippen molar-refractivity contribution in [1.29, 1.82) is 0 Å². The number of hydrogen-bond acceptors (Lipinski definition) is 4. The summed E-state index contributed by atoms with van der Waals surface area (Å²) in [4.78, 5) is 15.7. The van der Waals surface area contributed by atoms with Crippen LogP contribution < -0.4 is 10.1 Å². The van der Waals surface area contributed by atoms with Gasteiger partial charge in [0.25, 0.3) is 0 Å². The Morgan fingerprint density at radius 2 is 2.22 bits per heavy atom. The third kappa shape index (κ3) is 5.43. The molecule has 4 rings (SSSR count). The summed E-state index contributed by atoms with van der Waals surface area (Å²) in [5.74, 6) is 1.99. The summed E-state index contributed by atoms with van der Waals surface area (Å²) in [7, 11) is 0. The molecule has 2 unspecified atom stereocenters. The molecule has 1 saturated heterocycles. The lowest BCUT2D eigenvalue weighted by Crippen LogP contribution is -2.49. The lowest BCUT2D eigenvalue weighted by molar-refractivity contribution is 0.189. The van der Waals surface area contributed by atoms with Gasteiger partial charge in [-0.2, -0.15) is 0 Å². The van der Waals surface area contributed by atoms with Crippen LogP contribution in [0.5, 0.6) is 11.6 Å². The number of benzene rings is 1. The van der Waals surface area contributed by atoms with Crippen molar-refractivity contribution < 1.29 is 9.13 Å². The van der Waals surface area contributed by atoms with E-state index in [1.807, 2.05) is 24.8 Å². The maximum absolute atomic E-state index is 13.3. The van der Waals surface area contributed by atoms with Crippen LogP contribution in [0.2, 0.25) is 0 Å². The number of guanidine groups is 1. The second-order valence-corrected chi connectivity index (χ2v) is 8.02. The van der Waals surface area contributed by atoms with Gasteiger partial charge in [0, 0.05) is 50.4 Å². The molecule has 1 aromatic carbocycles. The molecule has 1 aliphatic heterocycles. The molecule has 32 heavy (non-hydrogen) atoms. The summed E-state index contributed by atoms with van der Waals surface area (Å²) in [6.07, 6.45) is 8.61. The topological polar surface area (TPSA) is 67.6 Å². The predicted molar refractivity (Wildman–Crippen MR) is 122 cm³/mol. The van der Waals surface area contributed by atoms with E-state index in [1.165, 1.54) is 12.1 Å². The number of likely N-dealkylation sites (tertiary alicyclic amines) is 1. The van der Waals surface area contributed by atoms with Crippen molar-refractivity contribution >= 4 is 5.96 Å². The second-order valence-electron chi connectivity index (χ2n) is 8.02. The van der Waals surface area contributed by atoms with E-state index >= 15 is 0 Å². The van der Waals surface area contributed by atoms with E-state index in [-0.39, 0.29) is 5.82 Å². The number of piperidine rings is 1. The fourth-order valence-electron chi connectivity index (χ4n) is 3.90. The van der Waals surface area contributed by atoms with Gasteiger partial charge in [0.1, 0.15) is 11.6 Å².